The van der Waals surface area contributed by atoms with Crippen LogP contribution in [0.3, 0.4) is 0 Å². The lowest BCUT2D eigenvalue weighted by molar-refractivity contribution is -0.153. The van der Waals surface area contributed by atoms with Crippen LogP contribution < -0.4 is 4.90 Å². The maximum Gasteiger partial charge on any atom is 0.401 e. The third-order valence-electron chi connectivity index (χ3n) is 5.83. The number of rotatable bonds is 4. The molecule has 1 atom stereocenters. The highest BCUT2D eigenvalue weighted by atomic mass is 19.4. The van der Waals surface area contributed by atoms with E-state index in [9.17, 15) is 22.4 Å². The first-order valence-electron chi connectivity index (χ1n) is 10.4. The number of alkyl halides is 3. The number of hydrogen-bond donors (Lipinski definition) is 0. The van der Waals surface area contributed by atoms with Crippen LogP contribution in [0.5, 0.6) is 0 Å². The van der Waals surface area contributed by atoms with Gasteiger partial charge >= 0.3 is 6.18 Å². The Morgan fingerprint density at radius 2 is 1.94 bits per heavy atom. The fourth-order valence-electron chi connectivity index (χ4n) is 4.20. The number of nitrogens with zero attached hydrogens (tertiary/aromatic N) is 4. The van der Waals surface area contributed by atoms with Crippen molar-refractivity contribution in [3.63, 3.8) is 0 Å². The summed E-state index contributed by atoms with van der Waals surface area (Å²) in [5, 5.41) is 0. The molecule has 0 unspecified atom stereocenters. The Morgan fingerprint density at radius 1 is 1.16 bits per heavy atom. The molecule has 0 spiro atoms. The van der Waals surface area contributed by atoms with Crippen molar-refractivity contribution < 1.29 is 22.4 Å². The van der Waals surface area contributed by atoms with E-state index in [1.54, 1.807) is 13.0 Å². The van der Waals surface area contributed by atoms with E-state index in [1.807, 2.05) is 35.4 Å². The zero-order valence-corrected chi connectivity index (χ0v) is 17.6. The molecule has 0 saturated carbocycles. The minimum atomic E-state index is -4.29. The number of carbonyl (C=O) groups is 1. The molecule has 2 aromatic rings. The summed E-state index contributed by atoms with van der Waals surface area (Å²) in [6.07, 6.45) is -2.48. The quantitative estimate of drug-likeness (QED) is 0.666. The summed E-state index contributed by atoms with van der Waals surface area (Å²) < 4.78 is 52.7. The lowest BCUT2D eigenvalue weighted by Gasteiger charge is -2.40. The van der Waals surface area contributed by atoms with Crippen molar-refractivity contribution in [1.29, 1.82) is 0 Å². The van der Waals surface area contributed by atoms with E-state index in [2.05, 4.69) is 4.99 Å². The van der Waals surface area contributed by atoms with Crippen molar-refractivity contribution in [3.8, 4) is 0 Å². The molecular formula is C23H24F4N4O. The van der Waals surface area contributed by atoms with Crippen molar-refractivity contribution in [3.05, 3.63) is 65.0 Å². The highest BCUT2D eigenvalue weighted by molar-refractivity contribution is 5.95. The number of para-hydroxylation sites is 1. The standard InChI is InChI=1S/C23H24F4N4O/c1-16-12-29(8-9-30(16)14-23(25,26)27)22(32)19-10-17(6-7-20(19)24)13-31-15-28-11-18-4-2-3-5-21(18)31/h2-7,10-11,16H,8-9,12-15H2,1H3/t16-/m0/s1. The Bertz CT molecular complexity index is 1020. The summed E-state index contributed by atoms with van der Waals surface area (Å²) in [4.78, 5) is 22.1. The van der Waals surface area contributed by atoms with Crippen LogP contribution in [-0.4, -0.2) is 67.0 Å². The lowest BCUT2D eigenvalue weighted by Crippen LogP contribution is -2.55. The van der Waals surface area contributed by atoms with Crippen LogP contribution in [-0.2, 0) is 6.54 Å². The molecule has 4 rings (SSSR count). The molecule has 0 aliphatic carbocycles. The summed E-state index contributed by atoms with van der Waals surface area (Å²) in [6.45, 7) is 1.87. The molecule has 2 aromatic carbocycles. The molecule has 1 saturated heterocycles. The third-order valence-corrected chi connectivity index (χ3v) is 5.83. The molecule has 0 aromatic heterocycles. The van der Waals surface area contributed by atoms with Gasteiger partial charge in [0.1, 0.15) is 12.5 Å². The van der Waals surface area contributed by atoms with Crippen molar-refractivity contribution >= 4 is 17.8 Å². The van der Waals surface area contributed by atoms with Crippen molar-refractivity contribution in [1.82, 2.24) is 9.80 Å². The highest BCUT2D eigenvalue weighted by Gasteiger charge is 2.36. The summed E-state index contributed by atoms with van der Waals surface area (Å²) in [5.41, 5.74) is 2.69. The van der Waals surface area contributed by atoms with Gasteiger partial charge in [0, 0.05) is 49.7 Å². The molecule has 0 bridgehead atoms. The molecule has 0 radical (unpaired) electrons. The van der Waals surface area contributed by atoms with Gasteiger partial charge in [0.25, 0.3) is 5.91 Å². The molecule has 2 aliphatic rings. The maximum atomic E-state index is 14.5. The van der Waals surface area contributed by atoms with Gasteiger partial charge in [-0.2, -0.15) is 13.2 Å². The minimum Gasteiger partial charge on any atom is -0.347 e. The first-order chi connectivity index (χ1) is 15.2. The van der Waals surface area contributed by atoms with Crippen LogP contribution >= 0.6 is 0 Å². The zero-order chi connectivity index (χ0) is 22.9. The second-order valence-electron chi connectivity index (χ2n) is 8.21. The molecule has 1 amide bonds. The van der Waals surface area contributed by atoms with Gasteiger partial charge in [0.05, 0.1) is 12.1 Å². The van der Waals surface area contributed by atoms with Gasteiger partial charge in [-0.05, 0) is 30.7 Å². The molecule has 2 aliphatic heterocycles. The van der Waals surface area contributed by atoms with Crippen LogP contribution in [0.2, 0.25) is 0 Å². The Labute approximate surface area is 183 Å². The van der Waals surface area contributed by atoms with Crippen molar-refractivity contribution in [2.45, 2.75) is 25.7 Å². The van der Waals surface area contributed by atoms with E-state index in [0.717, 1.165) is 16.8 Å². The molecule has 170 valence electrons. The molecular weight excluding hydrogens is 424 g/mol. The largest absolute Gasteiger partial charge is 0.401 e. The Morgan fingerprint density at radius 3 is 2.69 bits per heavy atom. The number of aliphatic imine (C=N–C) groups is 1. The molecule has 0 N–H and O–H groups in total. The first-order valence-corrected chi connectivity index (χ1v) is 10.4. The van der Waals surface area contributed by atoms with Gasteiger partial charge in [0.15, 0.2) is 0 Å². The van der Waals surface area contributed by atoms with E-state index in [-0.39, 0.29) is 25.2 Å². The predicted octanol–water partition coefficient (Wildman–Crippen LogP) is 3.93. The van der Waals surface area contributed by atoms with Gasteiger partial charge < -0.3 is 9.80 Å². The fourth-order valence-corrected chi connectivity index (χ4v) is 4.20. The lowest BCUT2D eigenvalue weighted by atomic mass is 10.1. The van der Waals surface area contributed by atoms with Gasteiger partial charge in [-0.25, -0.2) is 4.39 Å². The number of amides is 1. The number of benzene rings is 2. The third kappa shape index (κ3) is 4.93. The van der Waals surface area contributed by atoms with Gasteiger partial charge in [0.2, 0.25) is 0 Å². The van der Waals surface area contributed by atoms with Crippen LogP contribution in [0.25, 0.3) is 0 Å². The van der Waals surface area contributed by atoms with Gasteiger partial charge in [-0.3, -0.25) is 14.7 Å². The number of halogens is 4. The topological polar surface area (TPSA) is 39.2 Å². The maximum absolute atomic E-state index is 14.5. The van der Waals surface area contributed by atoms with E-state index in [0.29, 0.717) is 13.2 Å². The van der Waals surface area contributed by atoms with Crippen LogP contribution in [0.1, 0.15) is 28.4 Å². The summed E-state index contributed by atoms with van der Waals surface area (Å²) in [5.74, 6) is -1.14. The number of hydrogen-bond acceptors (Lipinski definition) is 4. The van der Waals surface area contributed by atoms with Crippen LogP contribution in [0.4, 0.5) is 23.2 Å². The van der Waals surface area contributed by atoms with Crippen LogP contribution in [0, 0.1) is 5.82 Å². The normalized spacial score (nSPS) is 19.2. The predicted molar refractivity (Wildman–Crippen MR) is 114 cm³/mol. The number of carbonyl (C=O) groups excluding carboxylic acids is 1. The summed E-state index contributed by atoms with van der Waals surface area (Å²) in [6, 6.07) is 11.8. The average Bonchev–Trinajstić information content (AvgIpc) is 2.75. The van der Waals surface area contributed by atoms with E-state index in [4.69, 9.17) is 0 Å². The van der Waals surface area contributed by atoms with Crippen LogP contribution in [0.15, 0.2) is 47.5 Å². The SMILES string of the molecule is C[C@H]1CN(C(=O)c2cc(CN3CN=Cc4ccccc43)ccc2F)CCN1CC(F)(F)F. The first kappa shape index (κ1) is 22.3. The smallest absolute Gasteiger partial charge is 0.347 e. The Balaban J connectivity index is 1.47. The summed E-state index contributed by atoms with van der Waals surface area (Å²) in [7, 11) is 0. The second kappa shape index (κ2) is 8.90. The molecule has 32 heavy (non-hydrogen) atoms. The van der Waals surface area contributed by atoms with E-state index in [1.165, 1.54) is 21.9 Å². The zero-order valence-electron chi connectivity index (χ0n) is 17.6. The number of fused-ring (bicyclic) bond motifs is 1. The Hall–Kier alpha value is -2.94. The summed E-state index contributed by atoms with van der Waals surface area (Å²) >= 11 is 0. The van der Waals surface area contributed by atoms with E-state index >= 15 is 0 Å². The molecule has 5 nitrogen and oxygen atoms in total. The number of piperazine rings is 1. The van der Waals surface area contributed by atoms with Crippen molar-refractivity contribution in [2.24, 2.45) is 4.99 Å². The molecule has 9 heteroatoms. The molecule has 1 fully saturated rings. The van der Waals surface area contributed by atoms with Gasteiger partial charge in [-0.1, -0.05) is 24.3 Å². The van der Waals surface area contributed by atoms with E-state index < -0.39 is 30.5 Å². The monoisotopic (exact) mass is 448 g/mol. The van der Waals surface area contributed by atoms with Gasteiger partial charge in [-0.15, -0.1) is 0 Å². The van der Waals surface area contributed by atoms with Crippen molar-refractivity contribution in [2.75, 3.05) is 37.7 Å². The second-order valence-corrected chi connectivity index (χ2v) is 8.21. The highest BCUT2D eigenvalue weighted by Crippen LogP contribution is 2.25. The number of anilines is 1. The fraction of sp³-hybridized carbons (Fsp3) is 0.391. The molecule has 2 heterocycles. The average molecular weight is 448 g/mol. The Kier molecular flexibility index (Phi) is 6.19. The minimum absolute atomic E-state index is 0.0623.